The van der Waals surface area contributed by atoms with E-state index < -0.39 is 10.0 Å². The fourth-order valence-corrected chi connectivity index (χ4v) is 4.17. The summed E-state index contributed by atoms with van der Waals surface area (Å²) in [5, 5.41) is 1.26. The summed E-state index contributed by atoms with van der Waals surface area (Å²) in [5.41, 5.74) is 3.62. The molecule has 6 heteroatoms. The number of sulfonamides is 1. The zero-order valence-corrected chi connectivity index (χ0v) is 14.7. The molecule has 1 fully saturated rings. The van der Waals surface area contributed by atoms with Crippen molar-refractivity contribution in [1.82, 2.24) is 9.71 Å². The molecule has 126 valence electrons. The largest absolute Gasteiger partial charge is 0.361 e. The van der Waals surface area contributed by atoms with Crippen LogP contribution in [-0.2, 0) is 16.4 Å². The molecule has 2 heterocycles. The molecule has 0 radical (unpaired) electrons. The van der Waals surface area contributed by atoms with Crippen molar-refractivity contribution in [3.8, 4) is 0 Å². The van der Waals surface area contributed by atoms with Gasteiger partial charge in [0.25, 0.3) is 0 Å². The Bertz CT molecular complexity index is 774. The molecule has 0 bridgehead atoms. The summed E-state index contributed by atoms with van der Waals surface area (Å²) in [7, 11) is 0.564. The molecule has 3 N–H and O–H groups in total. The monoisotopic (exact) mass is 336 g/mol. The second kappa shape index (κ2) is 6.63. The highest BCUT2D eigenvalue weighted by Crippen LogP contribution is 2.31. The number of likely N-dealkylation sites (tertiary alicyclic amines) is 1. The van der Waals surface area contributed by atoms with Gasteiger partial charge in [-0.1, -0.05) is 6.07 Å². The minimum absolute atomic E-state index is 0.131. The second-order valence-electron chi connectivity index (χ2n) is 6.63. The standard InChI is InChI=1S/C17H25N3O2S/c1-18-23(21,22)10-7-13-3-4-17-15(11-13)16(12-19-17)14-5-8-20(2)9-6-14/h3-4,11-12,14,18-19H,5-10H2,1-2H3/p+1. The van der Waals surface area contributed by atoms with Crippen LogP contribution in [0, 0.1) is 0 Å². The molecule has 0 atom stereocenters. The Balaban J connectivity index is 1.82. The van der Waals surface area contributed by atoms with Gasteiger partial charge in [0.1, 0.15) is 0 Å². The first kappa shape index (κ1) is 16.5. The van der Waals surface area contributed by atoms with E-state index in [0.29, 0.717) is 12.3 Å². The van der Waals surface area contributed by atoms with E-state index in [2.05, 4.69) is 35.1 Å². The highest BCUT2D eigenvalue weighted by atomic mass is 32.2. The van der Waals surface area contributed by atoms with Crippen molar-refractivity contribution in [2.75, 3.05) is 32.9 Å². The fourth-order valence-electron chi connectivity index (χ4n) is 3.46. The molecule has 0 unspecified atom stereocenters. The summed E-state index contributed by atoms with van der Waals surface area (Å²) < 4.78 is 25.6. The predicted octanol–water partition coefficient (Wildman–Crippen LogP) is 0.652. The topological polar surface area (TPSA) is 66.4 Å². The summed E-state index contributed by atoms with van der Waals surface area (Å²) in [6.07, 6.45) is 5.12. The summed E-state index contributed by atoms with van der Waals surface area (Å²) in [6.45, 7) is 2.44. The lowest BCUT2D eigenvalue weighted by molar-refractivity contribution is -0.885. The van der Waals surface area contributed by atoms with Gasteiger partial charge in [-0.3, -0.25) is 0 Å². The number of H-pyrrole nitrogens is 1. The van der Waals surface area contributed by atoms with Crippen LogP contribution in [0.2, 0.25) is 0 Å². The van der Waals surface area contributed by atoms with Crippen LogP contribution in [-0.4, -0.2) is 46.3 Å². The van der Waals surface area contributed by atoms with E-state index in [-0.39, 0.29) is 5.75 Å². The third-order valence-electron chi connectivity index (χ3n) is 5.03. The van der Waals surface area contributed by atoms with Gasteiger partial charge >= 0.3 is 0 Å². The molecular weight excluding hydrogens is 310 g/mol. The Hall–Kier alpha value is -1.37. The van der Waals surface area contributed by atoms with Gasteiger partial charge in [0.15, 0.2) is 0 Å². The second-order valence-corrected chi connectivity index (χ2v) is 8.67. The maximum absolute atomic E-state index is 11.6. The molecule has 23 heavy (non-hydrogen) atoms. The average molecular weight is 336 g/mol. The zero-order valence-electron chi connectivity index (χ0n) is 13.9. The van der Waals surface area contributed by atoms with Crippen molar-refractivity contribution in [3.05, 3.63) is 35.5 Å². The van der Waals surface area contributed by atoms with Gasteiger partial charge in [0.2, 0.25) is 10.0 Å². The van der Waals surface area contributed by atoms with E-state index in [0.717, 1.165) is 11.1 Å². The van der Waals surface area contributed by atoms with Crippen LogP contribution < -0.4 is 9.62 Å². The van der Waals surface area contributed by atoms with Gasteiger partial charge in [-0.2, -0.15) is 0 Å². The van der Waals surface area contributed by atoms with Crippen molar-refractivity contribution in [2.45, 2.75) is 25.2 Å². The third kappa shape index (κ3) is 3.76. The normalized spacial score (nSPS) is 22.5. The number of aryl methyl sites for hydroxylation is 1. The van der Waals surface area contributed by atoms with E-state index in [1.54, 1.807) is 4.90 Å². The van der Waals surface area contributed by atoms with Crippen molar-refractivity contribution in [1.29, 1.82) is 0 Å². The number of rotatable bonds is 5. The molecule has 0 spiro atoms. The summed E-state index contributed by atoms with van der Waals surface area (Å²) >= 11 is 0. The molecule has 0 amide bonds. The number of nitrogens with one attached hydrogen (secondary N) is 3. The van der Waals surface area contributed by atoms with Gasteiger partial charge in [-0.05, 0) is 42.6 Å². The number of quaternary nitrogens is 1. The molecule has 0 saturated carbocycles. The number of aromatic amines is 1. The highest BCUT2D eigenvalue weighted by molar-refractivity contribution is 7.89. The van der Waals surface area contributed by atoms with E-state index in [9.17, 15) is 8.42 Å². The van der Waals surface area contributed by atoms with Crippen LogP contribution in [0.1, 0.15) is 29.9 Å². The van der Waals surface area contributed by atoms with Gasteiger partial charge in [-0.25, -0.2) is 13.1 Å². The summed E-state index contributed by atoms with van der Waals surface area (Å²) in [5.74, 6) is 0.746. The Morgan fingerprint density at radius 1 is 1.30 bits per heavy atom. The van der Waals surface area contributed by atoms with E-state index in [1.165, 1.54) is 43.9 Å². The lowest BCUT2D eigenvalue weighted by atomic mass is 9.89. The van der Waals surface area contributed by atoms with Crippen LogP contribution in [0.25, 0.3) is 10.9 Å². The Kier molecular flexibility index (Phi) is 4.75. The molecule has 3 rings (SSSR count). The molecule has 1 aromatic heterocycles. The molecule has 1 aromatic carbocycles. The van der Waals surface area contributed by atoms with Gasteiger partial charge in [0, 0.05) is 29.9 Å². The third-order valence-corrected chi connectivity index (χ3v) is 6.39. The van der Waals surface area contributed by atoms with Crippen LogP contribution in [0.4, 0.5) is 0 Å². The minimum atomic E-state index is -3.15. The molecule has 1 aliphatic heterocycles. The predicted molar refractivity (Wildman–Crippen MR) is 93.4 cm³/mol. The quantitative estimate of drug-likeness (QED) is 0.751. The van der Waals surface area contributed by atoms with Gasteiger partial charge in [-0.15, -0.1) is 0 Å². The van der Waals surface area contributed by atoms with E-state index in [4.69, 9.17) is 0 Å². The van der Waals surface area contributed by atoms with Crippen LogP contribution >= 0.6 is 0 Å². The maximum Gasteiger partial charge on any atom is 0.211 e. The van der Waals surface area contributed by atoms with Gasteiger partial charge < -0.3 is 9.88 Å². The first-order chi connectivity index (χ1) is 11.0. The number of piperidine rings is 1. The number of aromatic nitrogens is 1. The first-order valence-corrected chi connectivity index (χ1v) is 9.96. The average Bonchev–Trinajstić information content (AvgIpc) is 2.97. The number of hydrogen-bond acceptors (Lipinski definition) is 2. The molecule has 1 saturated heterocycles. The van der Waals surface area contributed by atoms with Crippen molar-refractivity contribution in [3.63, 3.8) is 0 Å². The Morgan fingerprint density at radius 3 is 2.74 bits per heavy atom. The molecular formula is C17H26N3O2S+. The highest BCUT2D eigenvalue weighted by Gasteiger charge is 2.23. The summed E-state index contributed by atoms with van der Waals surface area (Å²) in [6, 6.07) is 6.25. The fraction of sp³-hybridized carbons (Fsp3) is 0.529. The number of benzene rings is 1. The SMILES string of the molecule is CNS(=O)(=O)CCc1ccc2[nH]cc(C3CC[NH+](C)CC3)c2c1. The zero-order chi connectivity index (χ0) is 16.4. The van der Waals surface area contributed by atoms with Gasteiger partial charge in [0.05, 0.1) is 25.9 Å². The Morgan fingerprint density at radius 2 is 2.04 bits per heavy atom. The van der Waals surface area contributed by atoms with E-state index >= 15 is 0 Å². The molecule has 5 nitrogen and oxygen atoms in total. The number of hydrogen-bond donors (Lipinski definition) is 3. The Labute approximate surface area is 138 Å². The maximum atomic E-state index is 11.6. The smallest absolute Gasteiger partial charge is 0.211 e. The summed E-state index contributed by atoms with van der Waals surface area (Å²) in [4.78, 5) is 4.98. The van der Waals surface area contributed by atoms with Crippen LogP contribution in [0.5, 0.6) is 0 Å². The molecule has 1 aliphatic rings. The minimum Gasteiger partial charge on any atom is -0.361 e. The van der Waals surface area contributed by atoms with Crippen LogP contribution in [0.15, 0.2) is 24.4 Å². The first-order valence-electron chi connectivity index (χ1n) is 8.31. The van der Waals surface area contributed by atoms with E-state index in [1.807, 2.05) is 6.07 Å². The lowest BCUT2D eigenvalue weighted by Gasteiger charge is -2.26. The number of fused-ring (bicyclic) bond motifs is 1. The van der Waals surface area contributed by atoms with Crippen molar-refractivity contribution >= 4 is 20.9 Å². The molecule has 0 aliphatic carbocycles. The van der Waals surface area contributed by atoms with Crippen molar-refractivity contribution in [2.24, 2.45) is 0 Å². The molecule has 2 aromatic rings. The lowest BCUT2D eigenvalue weighted by Crippen LogP contribution is -3.10. The van der Waals surface area contributed by atoms with Crippen LogP contribution in [0.3, 0.4) is 0 Å². The van der Waals surface area contributed by atoms with Crippen molar-refractivity contribution < 1.29 is 13.3 Å².